The van der Waals surface area contributed by atoms with Crippen molar-refractivity contribution in [3.8, 4) is 5.75 Å². The quantitative estimate of drug-likeness (QED) is 0.665. The van der Waals surface area contributed by atoms with Crippen LogP contribution in [-0.4, -0.2) is 23.0 Å². The summed E-state index contributed by atoms with van der Waals surface area (Å²) in [5, 5.41) is 6.58. The van der Waals surface area contributed by atoms with E-state index in [2.05, 4.69) is 20.6 Å². The van der Waals surface area contributed by atoms with Crippen LogP contribution in [0.5, 0.6) is 5.75 Å². The standard InChI is InChI=1S/C20H19ClN4O2/c1-12-10-18(19(26)23-14-6-4-7-15(11-14)27-3)25-20(22-12)24-17-9-5-8-16(21)13(17)2/h4-11H,1-3H3,(H,23,26)(H,22,24,25). The number of ether oxygens (including phenoxy) is 1. The monoisotopic (exact) mass is 382 g/mol. The highest BCUT2D eigenvalue weighted by Crippen LogP contribution is 2.25. The maximum atomic E-state index is 12.6. The fourth-order valence-electron chi connectivity index (χ4n) is 2.50. The number of carbonyl (C=O) groups excluding carboxylic acids is 1. The van der Waals surface area contributed by atoms with Crippen molar-refractivity contribution in [3.05, 3.63) is 70.5 Å². The van der Waals surface area contributed by atoms with E-state index in [1.807, 2.05) is 25.1 Å². The van der Waals surface area contributed by atoms with Gasteiger partial charge in [-0.3, -0.25) is 4.79 Å². The van der Waals surface area contributed by atoms with Crippen molar-refractivity contribution in [1.82, 2.24) is 9.97 Å². The zero-order valence-corrected chi connectivity index (χ0v) is 16.0. The first-order valence-electron chi connectivity index (χ1n) is 8.29. The van der Waals surface area contributed by atoms with Crippen LogP contribution in [0, 0.1) is 13.8 Å². The predicted molar refractivity (Wildman–Crippen MR) is 107 cm³/mol. The van der Waals surface area contributed by atoms with Crippen LogP contribution in [0.4, 0.5) is 17.3 Å². The largest absolute Gasteiger partial charge is 0.497 e. The second-order valence-corrected chi connectivity index (χ2v) is 6.35. The molecule has 6 nitrogen and oxygen atoms in total. The highest BCUT2D eigenvalue weighted by molar-refractivity contribution is 6.31. The summed E-state index contributed by atoms with van der Waals surface area (Å²) in [7, 11) is 1.57. The summed E-state index contributed by atoms with van der Waals surface area (Å²) >= 11 is 6.15. The lowest BCUT2D eigenvalue weighted by atomic mass is 10.2. The number of halogens is 1. The summed E-state index contributed by atoms with van der Waals surface area (Å²) in [5.41, 5.74) is 3.21. The Hall–Kier alpha value is -3.12. The Labute approximate surface area is 162 Å². The molecule has 1 heterocycles. The molecule has 27 heavy (non-hydrogen) atoms. The van der Waals surface area contributed by atoms with Gasteiger partial charge in [0.2, 0.25) is 5.95 Å². The van der Waals surface area contributed by atoms with Crippen LogP contribution >= 0.6 is 11.6 Å². The van der Waals surface area contributed by atoms with E-state index < -0.39 is 0 Å². The number of carbonyl (C=O) groups is 1. The highest BCUT2D eigenvalue weighted by atomic mass is 35.5. The van der Waals surface area contributed by atoms with Gasteiger partial charge in [0.15, 0.2) is 0 Å². The molecule has 0 spiro atoms. The van der Waals surface area contributed by atoms with Crippen molar-refractivity contribution < 1.29 is 9.53 Å². The van der Waals surface area contributed by atoms with Crippen molar-refractivity contribution in [2.75, 3.05) is 17.7 Å². The third-order valence-electron chi connectivity index (χ3n) is 3.93. The van der Waals surface area contributed by atoms with Gasteiger partial charge in [0.25, 0.3) is 5.91 Å². The van der Waals surface area contributed by atoms with E-state index in [-0.39, 0.29) is 11.6 Å². The van der Waals surface area contributed by atoms with Gasteiger partial charge < -0.3 is 15.4 Å². The minimum Gasteiger partial charge on any atom is -0.497 e. The first kappa shape index (κ1) is 18.7. The lowest BCUT2D eigenvalue weighted by Crippen LogP contribution is -2.15. The summed E-state index contributed by atoms with van der Waals surface area (Å²) in [6.45, 7) is 3.71. The number of nitrogens with zero attached hydrogens (tertiary/aromatic N) is 2. The minimum atomic E-state index is -0.334. The Bertz CT molecular complexity index is 991. The molecule has 7 heteroatoms. The molecule has 0 aliphatic carbocycles. The van der Waals surface area contributed by atoms with Gasteiger partial charge in [-0.2, -0.15) is 0 Å². The number of nitrogens with one attached hydrogen (secondary N) is 2. The van der Waals surface area contributed by atoms with Crippen molar-refractivity contribution in [1.29, 1.82) is 0 Å². The molecule has 2 N–H and O–H groups in total. The van der Waals surface area contributed by atoms with Crippen molar-refractivity contribution in [3.63, 3.8) is 0 Å². The van der Waals surface area contributed by atoms with E-state index in [1.165, 1.54) is 0 Å². The van der Waals surface area contributed by atoms with E-state index >= 15 is 0 Å². The van der Waals surface area contributed by atoms with Gasteiger partial charge in [0, 0.05) is 28.2 Å². The van der Waals surface area contributed by atoms with E-state index in [0.717, 1.165) is 11.3 Å². The zero-order chi connectivity index (χ0) is 19.4. The molecule has 2 aromatic carbocycles. The average molecular weight is 383 g/mol. The van der Waals surface area contributed by atoms with Crippen LogP contribution in [0.3, 0.4) is 0 Å². The molecule has 0 radical (unpaired) electrons. The minimum absolute atomic E-state index is 0.257. The zero-order valence-electron chi connectivity index (χ0n) is 15.2. The van der Waals surface area contributed by atoms with E-state index in [4.69, 9.17) is 16.3 Å². The molecule has 0 aliphatic heterocycles. The SMILES string of the molecule is COc1cccc(NC(=O)c2cc(C)nc(Nc3cccc(Cl)c3C)n2)c1. The van der Waals surface area contributed by atoms with Crippen molar-refractivity contribution >= 4 is 34.8 Å². The molecule has 0 unspecified atom stereocenters. The molecule has 0 fully saturated rings. The smallest absolute Gasteiger partial charge is 0.274 e. The number of methoxy groups -OCH3 is 1. The van der Waals surface area contributed by atoms with Crippen LogP contribution in [0.15, 0.2) is 48.5 Å². The lowest BCUT2D eigenvalue weighted by Gasteiger charge is -2.11. The molecule has 138 valence electrons. The molecule has 0 atom stereocenters. The number of aromatic nitrogens is 2. The fraction of sp³-hybridized carbons (Fsp3) is 0.150. The fourth-order valence-corrected chi connectivity index (χ4v) is 2.67. The first-order chi connectivity index (χ1) is 13.0. The van der Waals surface area contributed by atoms with Gasteiger partial charge in [0.1, 0.15) is 11.4 Å². The molecule has 1 amide bonds. The Morgan fingerprint density at radius 2 is 1.85 bits per heavy atom. The van der Waals surface area contributed by atoms with Gasteiger partial charge in [-0.1, -0.05) is 23.7 Å². The number of hydrogen-bond donors (Lipinski definition) is 2. The number of benzene rings is 2. The molecule has 3 aromatic rings. The molecular weight excluding hydrogens is 364 g/mol. The summed E-state index contributed by atoms with van der Waals surface area (Å²) in [4.78, 5) is 21.3. The molecule has 0 saturated carbocycles. The van der Waals surface area contributed by atoms with Gasteiger partial charge in [-0.15, -0.1) is 0 Å². The van der Waals surface area contributed by atoms with E-state index in [0.29, 0.717) is 28.1 Å². The summed E-state index contributed by atoms with van der Waals surface area (Å²) < 4.78 is 5.17. The number of anilines is 3. The maximum Gasteiger partial charge on any atom is 0.274 e. The Balaban J connectivity index is 1.84. The van der Waals surface area contributed by atoms with Crippen LogP contribution in [0.1, 0.15) is 21.7 Å². The van der Waals surface area contributed by atoms with E-state index in [9.17, 15) is 4.79 Å². The number of aryl methyl sites for hydroxylation is 1. The molecule has 0 saturated heterocycles. The van der Waals surface area contributed by atoms with Crippen molar-refractivity contribution in [2.24, 2.45) is 0 Å². The van der Waals surface area contributed by atoms with Gasteiger partial charge in [-0.05, 0) is 49.7 Å². The molecular formula is C20H19ClN4O2. The van der Waals surface area contributed by atoms with Crippen LogP contribution in [0.2, 0.25) is 5.02 Å². The first-order valence-corrected chi connectivity index (χ1v) is 8.67. The molecule has 1 aromatic heterocycles. The third-order valence-corrected chi connectivity index (χ3v) is 4.34. The molecule has 3 rings (SSSR count). The number of hydrogen-bond acceptors (Lipinski definition) is 5. The Morgan fingerprint density at radius 1 is 1.07 bits per heavy atom. The van der Waals surface area contributed by atoms with Crippen LogP contribution in [-0.2, 0) is 0 Å². The van der Waals surface area contributed by atoms with E-state index in [1.54, 1.807) is 44.4 Å². The lowest BCUT2D eigenvalue weighted by molar-refractivity contribution is 0.102. The van der Waals surface area contributed by atoms with Crippen LogP contribution in [0.25, 0.3) is 0 Å². The molecule has 0 bridgehead atoms. The summed E-state index contributed by atoms with van der Waals surface area (Å²) in [6, 6.07) is 14.3. The second kappa shape index (κ2) is 8.05. The number of rotatable bonds is 5. The average Bonchev–Trinajstić information content (AvgIpc) is 2.65. The number of amides is 1. The van der Waals surface area contributed by atoms with Gasteiger partial charge in [-0.25, -0.2) is 9.97 Å². The maximum absolute atomic E-state index is 12.6. The summed E-state index contributed by atoms with van der Waals surface area (Å²) in [6.07, 6.45) is 0. The molecule has 0 aliphatic rings. The van der Waals surface area contributed by atoms with Gasteiger partial charge >= 0.3 is 0 Å². The second-order valence-electron chi connectivity index (χ2n) is 5.94. The van der Waals surface area contributed by atoms with Gasteiger partial charge in [0.05, 0.1) is 7.11 Å². The normalized spacial score (nSPS) is 10.4. The Kier molecular flexibility index (Phi) is 5.57. The highest BCUT2D eigenvalue weighted by Gasteiger charge is 2.12. The summed E-state index contributed by atoms with van der Waals surface area (Å²) in [5.74, 6) is 0.654. The Morgan fingerprint density at radius 3 is 2.63 bits per heavy atom. The van der Waals surface area contributed by atoms with Crippen LogP contribution < -0.4 is 15.4 Å². The third kappa shape index (κ3) is 4.54. The van der Waals surface area contributed by atoms with Crippen molar-refractivity contribution in [2.45, 2.75) is 13.8 Å². The topological polar surface area (TPSA) is 76.1 Å². The predicted octanol–water partition coefficient (Wildman–Crippen LogP) is 4.75.